The van der Waals surface area contributed by atoms with Gasteiger partial charge in [0.2, 0.25) is 0 Å². The van der Waals surface area contributed by atoms with E-state index in [0.717, 1.165) is 49.6 Å². The van der Waals surface area contributed by atoms with Crippen molar-refractivity contribution in [1.82, 2.24) is 20.1 Å². The maximum Gasteiger partial charge on any atom is 0.193 e. The van der Waals surface area contributed by atoms with Crippen LogP contribution in [-0.2, 0) is 6.42 Å². The Morgan fingerprint density at radius 2 is 2.04 bits per heavy atom. The van der Waals surface area contributed by atoms with Crippen molar-refractivity contribution in [3.63, 3.8) is 0 Å². The minimum Gasteiger partial charge on any atom is -0.357 e. The number of aryl methyl sites for hydroxylation is 2. The smallest absolute Gasteiger partial charge is 0.193 e. The zero-order valence-electron chi connectivity index (χ0n) is 16.1. The first-order valence-electron chi connectivity index (χ1n) is 9.87. The van der Waals surface area contributed by atoms with Gasteiger partial charge in [-0.05, 0) is 53.1 Å². The van der Waals surface area contributed by atoms with E-state index in [9.17, 15) is 0 Å². The molecular formula is C19H33N5S. The van der Waals surface area contributed by atoms with Crippen LogP contribution in [0.2, 0.25) is 0 Å². The summed E-state index contributed by atoms with van der Waals surface area (Å²) in [6, 6.07) is 0.718. The van der Waals surface area contributed by atoms with Gasteiger partial charge >= 0.3 is 0 Å². The molecule has 1 N–H and O–H groups in total. The molecule has 3 rings (SSSR count). The van der Waals surface area contributed by atoms with Crippen molar-refractivity contribution in [2.75, 3.05) is 39.3 Å². The van der Waals surface area contributed by atoms with E-state index in [0.29, 0.717) is 0 Å². The Hall–Kier alpha value is -1.14. The van der Waals surface area contributed by atoms with Crippen molar-refractivity contribution < 1.29 is 0 Å². The van der Waals surface area contributed by atoms with Crippen molar-refractivity contribution in [2.45, 2.75) is 58.9 Å². The average molecular weight is 364 g/mol. The summed E-state index contributed by atoms with van der Waals surface area (Å²) in [7, 11) is 0. The molecule has 25 heavy (non-hydrogen) atoms. The molecule has 2 aliphatic rings. The second-order valence-corrected chi connectivity index (χ2v) is 8.50. The SMILES string of the molecule is CCNC(=NCCc1sc(C)nc1C)N1CCC(N2CCCCC2)C1. The number of hydrogen-bond donors (Lipinski definition) is 1. The van der Waals surface area contributed by atoms with Gasteiger partial charge in [0.05, 0.1) is 10.7 Å². The van der Waals surface area contributed by atoms with Crippen LogP contribution >= 0.6 is 11.3 Å². The standard InChI is InChI=1S/C19H33N5S/c1-4-20-19(21-10-8-18-15(2)22-16(3)25-18)24-13-9-17(14-24)23-11-6-5-7-12-23/h17H,4-14H2,1-3H3,(H,20,21). The quantitative estimate of drug-likeness (QED) is 0.645. The molecule has 3 heterocycles. The Morgan fingerprint density at radius 3 is 2.72 bits per heavy atom. The molecule has 1 aromatic rings. The summed E-state index contributed by atoms with van der Waals surface area (Å²) in [5.41, 5.74) is 1.18. The summed E-state index contributed by atoms with van der Waals surface area (Å²) in [6.07, 6.45) is 6.43. The van der Waals surface area contributed by atoms with Crippen LogP contribution in [0.5, 0.6) is 0 Å². The van der Waals surface area contributed by atoms with Gasteiger partial charge in [0, 0.05) is 43.5 Å². The van der Waals surface area contributed by atoms with Crippen molar-refractivity contribution in [1.29, 1.82) is 0 Å². The molecule has 0 bridgehead atoms. The van der Waals surface area contributed by atoms with E-state index in [2.05, 4.69) is 40.9 Å². The topological polar surface area (TPSA) is 43.8 Å². The van der Waals surface area contributed by atoms with Crippen LogP contribution in [0.3, 0.4) is 0 Å². The predicted octanol–water partition coefficient (Wildman–Crippen LogP) is 2.83. The Balaban J connectivity index is 1.55. The molecule has 1 aromatic heterocycles. The largest absolute Gasteiger partial charge is 0.357 e. The number of nitrogens with one attached hydrogen (secondary N) is 1. The molecule has 2 aliphatic heterocycles. The van der Waals surface area contributed by atoms with Gasteiger partial charge in [0.15, 0.2) is 5.96 Å². The fourth-order valence-corrected chi connectivity index (χ4v) is 4.94. The van der Waals surface area contributed by atoms with E-state index >= 15 is 0 Å². The normalized spacial score (nSPS) is 22.6. The molecule has 0 aromatic carbocycles. The number of hydrogen-bond acceptors (Lipinski definition) is 4. The zero-order chi connectivity index (χ0) is 17.6. The van der Waals surface area contributed by atoms with Crippen LogP contribution in [0.1, 0.15) is 48.2 Å². The van der Waals surface area contributed by atoms with Gasteiger partial charge in [0.1, 0.15) is 0 Å². The zero-order valence-corrected chi connectivity index (χ0v) is 16.9. The van der Waals surface area contributed by atoms with Crippen molar-refractivity contribution >= 4 is 17.3 Å². The van der Waals surface area contributed by atoms with E-state index in [1.165, 1.54) is 49.3 Å². The molecule has 6 heteroatoms. The number of guanidine groups is 1. The van der Waals surface area contributed by atoms with Crippen LogP contribution in [0.4, 0.5) is 0 Å². The van der Waals surface area contributed by atoms with Gasteiger partial charge in [-0.15, -0.1) is 11.3 Å². The van der Waals surface area contributed by atoms with Gasteiger partial charge in [-0.3, -0.25) is 9.89 Å². The van der Waals surface area contributed by atoms with Crippen molar-refractivity contribution in [3.8, 4) is 0 Å². The maximum absolute atomic E-state index is 4.91. The summed E-state index contributed by atoms with van der Waals surface area (Å²) in [5, 5.41) is 4.66. The lowest BCUT2D eigenvalue weighted by Crippen LogP contribution is -2.44. The maximum atomic E-state index is 4.91. The van der Waals surface area contributed by atoms with Crippen LogP contribution in [0.25, 0.3) is 0 Å². The van der Waals surface area contributed by atoms with Crippen LogP contribution in [0, 0.1) is 13.8 Å². The number of aromatic nitrogens is 1. The molecule has 0 saturated carbocycles. The van der Waals surface area contributed by atoms with Gasteiger partial charge in [-0.2, -0.15) is 0 Å². The Bertz CT molecular complexity index is 576. The number of piperidine rings is 1. The molecule has 2 fully saturated rings. The molecule has 0 amide bonds. The lowest BCUT2D eigenvalue weighted by atomic mass is 10.1. The number of thiazole rings is 1. The molecule has 0 aliphatic carbocycles. The van der Waals surface area contributed by atoms with Gasteiger partial charge in [0.25, 0.3) is 0 Å². The predicted molar refractivity (Wildman–Crippen MR) is 107 cm³/mol. The second-order valence-electron chi connectivity index (χ2n) is 7.21. The number of rotatable bonds is 5. The van der Waals surface area contributed by atoms with E-state index in [1.54, 1.807) is 0 Å². The van der Waals surface area contributed by atoms with E-state index < -0.39 is 0 Å². The summed E-state index contributed by atoms with van der Waals surface area (Å²) < 4.78 is 0. The molecule has 5 nitrogen and oxygen atoms in total. The van der Waals surface area contributed by atoms with Crippen LogP contribution < -0.4 is 5.32 Å². The summed E-state index contributed by atoms with van der Waals surface area (Å²) >= 11 is 1.81. The van der Waals surface area contributed by atoms with Crippen molar-refractivity contribution in [2.24, 2.45) is 4.99 Å². The summed E-state index contributed by atoms with van der Waals surface area (Å²) in [6.45, 7) is 13.0. The fourth-order valence-electron chi connectivity index (χ4n) is 4.01. The highest BCUT2D eigenvalue weighted by molar-refractivity contribution is 7.11. The first-order valence-corrected chi connectivity index (χ1v) is 10.7. The van der Waals surface area contributed by atoms with Crippen LogP contribution in [0.15, 0.2) is 4.99 Å². The summed E-state index contributed by atoms with van der Waals surface area (Å²) in [5.74, 6) is 1.10. The number of aliphatic imine (C=N–C) groups is 1. The Morgan fingerprint density at radius 1 is 1.24 bits per heavy atom. The highest BCUT2D eigenvalue weighted by Gasteiger charge is 2.29. The first kappa shape index (κ1) is 18.6. The second kappa shape index (κ2) is 8.99. The molecular weight excluding hydrogens is 330 g/mol. The van der Waals surface area contributed by atoms with E-state index in [-0.39, 0.29) is 0 Å². The lowest BCUT2D eigenvalue weighted by molar-refractivity contribution is 0.168. The third-order valence-electron chi connectivity index (χ3n) is 5.30. The minimum atomic E-state index is 0.718. The first-order chi connectivity index (χ1) is 12.2. The van der Waals surface area contributed by atoms with Gasteiger partial charge < -0.3 is 10.2 Å². The highest BCUT2D eigenvalue weighted by Crippen LogP contribution is 2.21. The molecule has 140 valence electrons. The van der Waals surface area contributed by atoms with Crippen molar-refractivity contribution in [3.05, 3.63) is 15.6 Å². The third-order valence-corrected chi connectivity index (χ3v) is 6.44. The fraction of sp³-hybridized carbons (Fsp3) is 0.789. The minimum absolute atomic E-state index is 0.718. The third kappa shape index (κ3) is 4.94. The Kier molecular flexibility index (Phi) is 6.70. The van der Waals surface area contributed by atoms with Gasteiger partial charge in [-0.1, -0.05) is 6.42 Å². The Labute approximate surface area is 156 Å². The number of likely N-dealkylation sites (tertiary alicyclic amines) is 2. The van der Waals surface area contributed by atoms with E-state index in [4.69, 9.17) is 4.99 Å². The van der Waals surface area contributed by atoms with E-state index in [1.807, 2.05) is 11.3 Å². The average Bonchev–Trinajstić information content (AvgIpc) is 3.22. The molecule has 1 unspecified atom stereocenters. The highest BCUT2D eigenvalue weighted by atomic mass is 32.1. The van der Waals surface area contributed by atoms with Gasteiger partial charge in [-0.25, -0.2) is 4.98 Å². The van der Waals surface area contributed by atoms with Crippen LogP contribution in [-0.4, -0.2) is 66.1 Å². The molecule has 0 radical (unpaired) electrons. The monoisotopic (exact) mass is 363 g/mol. The molecule has 0 spiro atoms. The number of nitrogens with zero attached hydrogens (tertiary/aromatic N) is 4. The molecule has 1 atom stereocenters. The summed E-state index contributed by atoms with van der Waals surface area (Å²) in [4.78, 5) is 16.0. The molecule has 2 saturated heterocycles. The lowest BCUT2D eigenvalue weighted by Gasteiger charge is -2.32.